The Bertz CT molecular complexity index is 149. The molecule has 0 aromatic rings. The van der Waals surface area contributed by atoms with Gasteiger partial charge >= 0.3 is 0 Å². The normalized spacial score (nSPS) is 31.8. The van der Waals surface area contributed by atoms with E-state index in [2.05, 4.69) is 18.9 Å². The van der Waals surface area contributed by atoms with Gasteiger partial charge < -0.3 is 4.74 Å². The molecule has 0 bridgehead atoms. The molecule has 3 N–H and O–H groups in total. The first kappa shape index (κ1) is 9.71. The van der Waals surface area contributed by atoms with Gasteiger partial charge in [0.2, 0.25) is 0 Å². The molecule has 3 heteroatoms. The Hall–Kier alpha value is -0.380. The summed E-state index contributed by atoms with van der Waals surface area (Å²) >= 11 is 0. The molecular weight excluding hydrogens is 152 g/mol. The Kier molecular flexibility index (Phi) is 3.72. The lowest BCUT2D eigenvalue weighted by molar-refractivity contribution is 0.117. The van der Waals surface area contributed by atoms with Crippen LogP contribution in [0.25, 0.3) is 0 Å². The molecule has 0 aliphatic carbocycles. The number of ether oxygens (including phenoxy) is 1. The second kappa shape index (κ2) is 4.60. The highest BCUT2D eigenvalue weighted by molar-refractivity contribution is 4.85. The van der Waals surface area contributed by atoms with Gasteiger partial charge in [-0.2, -0.15) is 0 Å². The monoisotopic (exact) mass is 170 g/mol. The van der Waals surface area contributed by atoms with E-state index in [-0.39, 0.29) is 0 Å². The van der Waals surface area contributed by atoms with Crippen molar-refractivity contribution in [2.45, 2.75) is 31.9 Å². The predicted octanol–water partition coefficient (Wildman–Crippen LogP) is 0.819. The maximum absolute atomic E-state index is 5.46. The minimum Gasteiger partial charge on any atom is -0.378 e. The Morgan fingerprint density at radius 1 is 1.83 bits per heavy atom. The third-order valence-electron chi connectivity index (χ3n) is 2.43. The fraction of sp³-hybridized carbons (Fsp3) is 0.778. The van der Waals surface area contributed by atoms with E-state index in [1.165, 1.54) is 0 Å². The van der Waals surface area contributed by atoms with Gasteiger partial charge in [0, 0.05) is 12.0 Å². The molecule has 1 aliphatic heterocycles. The van der Waals surface area contributed by atoms with Crippen LogP contribution < -0.4 is 11.3 Å². The average molecular weight is 170 g/mol. The van der Waals surface area contributed by atoms with Crippen LogP contribution >= 0.6 is 0 Å². The standard InChI is InChI=1S/C9H18N2O/c1-3-4-9(11-10)8-5-7(2)12-6-8/h3,7-9,11H,1,4-6,10H2,2H3. The van der Waals surface area contributed by atoms with Crippen LogP contribution in [0.1, 0.15) is 19.8 Å². The second-order valence-corrected chi connectivity index (χ2v) is 3.44. The molecular formula is C9H18N2O. The van der Waals surface area contributed by atoms with Crippen LogP contribution in [0.15, 0.2) is 12.7 Å². The average Bonchev–Trinajstić information content (AvgIpc) is 2.47. The number of hydrazine groups is 1. The summed E-state index contributed by atoms with van der Waals surface area (Å²) in [5.41, 5.74) is 2.81. The number of nitrogens with two attached hydrogens (primary N) is 1. The van der Waals surface area contributed by atoms with E-state index in [0.29, 0.717) is 18.1 Å². The van der Waals surface area contributed by atoms with Crippen molar-refractivity contribution in [2.75, 3.05) is 6.61 Å². The number of nitrogens with one attached hydrogen (secondary N) is 1. The van der Waals surface area contributed by atoms with E-state index in [1.807, 2.05) is 6.08 Å². The number of hydrogen-bond donors (Lipinski definition) is 2. The molecule has 70 valence electrons. The van der Waals surface area contributed by atoms with E-state index < -0.39 is 0 Å². The number of rotatable bonds is 4. The zero-order valence-corrected chi connectivity index (χ0v) is 7.62. The lowest BCUT2D eigenvalue weighted by Crippen LogP contribution is -2.40. The Morgan fingerprint density at radius 2 is 2.58 bits per heavy atom. The summed E-state index contributed by atoms with van der Waals surface area (Å²) in [6, 6.07) is 0.326. The molecule has 1 aliphatic rings. The van der Waals surface area contributed by atoms with Gasteiger partial charge in [0.15, 0.2) is 0 Å². The van der Waals surface area contributed by atoms with Crippen LogP contribution in [0.3, 0.4) is 0 Å². The molecule has 0 aromatic carbocycles. The zero-order chi connectivity index (χ0) is 8.97. The van der Waals surface area contributed by atoms with E-state index in [0.717, 1.165) is 19.4 Å². The van der Waals surface area contributed by atoms with Gasteiger partial charge in [0.05, 0.1) is 12.7 Å². The van der Waals surface area contributed by atoms with Gasteiger partial charge in [0.25, 0.3) is 0 Å². The third kappa shape index (κ3) is 2.30. The maximum atomic E-state index is 5.46. The van der Waals surface area contributed by atoms with Crippen LogP contribution in [0.4, 0.5) is 0 Å². The predicted molar refractivity (Wildman–Crippen MR) is 49.4 cm³/mol. The highest BCUT2D eigenvalue weighted by Gasteiger charge is 2.27. The second-order valence-electron chi connectivity index (χ2n) is 3.44. The van der Waals surface area contributed by atoms with Crippen LogP contribution in [-0.4, -0.2) is 18.8 Å². The molecule has 3 nitrogen and oxygen atoms in total. The lowest BCUT2D eigenvalue weighted by atomic mass is 9.95. The van der Waals surface area contributed by atoms with Crippen LogP contribution in [0.2, 0.25) is 0 Å². The molecule has 12 heavy (non-hydrogen) atoms. The third-order valence-corrected chi connectivity index (χ3v) is 2.43. The van der Waals surface area contributed by atoms with Crippen LogP contribution in [0.5, 0.6) is 0 Å². The molecule has 3 unspecified atom stereocenters. The van der Waals surface area contributed by atoms with Crippen molar-refractivity contribution in [3.8, 4) is 0 Å². The van der Waals surface area contributed by atoms with E-state index in [1.54, 1.807) is 0 Å². The fourth-order valence-electron chi connectivity index (χ4n) is 1.71. The summed E-state index contributed by atoms with van der Waals surface area (Å²) < 4.78 is 5.46. The maximum Gasteiger partial charge on any atom is 0.0551 e. The Morgan fingerprint density at radius 3 is 3.00 bits per heavy atom. The van der Waals surface area contributed by atoms with E-state index in [4.69, 9.17) is 10.6 Å². The first-order valence-electron chi connectivity index (χ1n) is 4.46. The fourth-order valence-corrected chi connectivity index (χ4v) is 1.71. The highest BCUT2D eigenvalue weighted by Crippen LogP contribution is 2.23. The lowest BCUT2D eigenvalue weighted by Gasteiger charge is -2.19. The van der Waals surface area contributed by atoms with Crippen molar-refractivity contribution in [2.24, 2.45) is 11.8 Å². The van der Waals surface area contributed by atoms with E-state index in [9.17, 15) is 0 Å². The van der Waals surface area contributed by atoms with Gasteiger partial charge in [-0.25, -0.2) is 0 Å². The quantitative estimate of drug-likeness (QED) is 0.373. The summed E-state index contributed by atoms with van der Waals surface area (Å²) in [6.07, 6.45) is 4.30. The Balaban J connectivity index is 2.38. The summed E-state index contributed by atoms with van der Waals surface area (Å²) in [4.78, 5) is 0. The summed E-state index contributed by atoms with van der Waals surface area (Å²) in [5, 5.41) is 0. The van der Waals surface area contributed by atoms with Gasteiger partial charge in [-0.3, -0.25) is 11.3 Å². The first-order chi connectivity index (χ1) is 5.77. The van der Waals surface area contributed by atoms with Crippen molar-refractivity contribution >= 4 is 0 Å². The molecule has 0 radical (unpaired) electrons. The molecule has 0 aromatic heterocycles. The van der Waals surface area contributed by atoms with Gasteiger partial charge in [-0.05, 0) is 19.8 Å². The molecule has 0 amide bonds. The summed E-state index contributed by atoms with van der Waals surface area (Å²) in [5.74, 6) is 5.98. The van der Waals surface area contributed by atoms with Crippen molar-refractivity contribution < 1.29 is 4.74 Å². The minimum atomic E-state index is 0.326. The molecule has 1 rings (SSSR count). The van der Waals surface area contributed by atoms with Crippen molar-refractivity contribution in [3.63, 3.8) is 0 Å². The van der Waals surface area contributed by atoms with Crippen LogP contribution in [-0.2, 0) is 4.74 Å². The zero-order valence-electron chi connectivity index (χ0n) is 7.62. The smallest absolute Gasteiger partial charge is 0.0551 e. The SMILES string of the molecule is C=CCC(NN)C1COC(C)C1. The summed E-state index contributed by atoms with van der Waals surface area (Å²) in [6.45, 7) is 6.62. The largest absolute Gasteiger partial charge is 0.378 e. The minimum absolute atomic E-state index is 0.326. The number of hydrogen-bond acceptors (Lipinski definition) is 3. The van der Waals surface area contributed by atoms with E-state index >= 15 is 0 Å². The molecule has 1 fully saturated rings. The van der Waals surface area contributed by atoms with Crippen molar-refractivity contribution in [3.05, 3.63) is 12.7 Å². The highest BCUT2D eigenvalue weighted by atomic mass is 16.5. The molecule has 3 atom stereocenters. The first-order valence-corrected chi connectivity index (χ1v) is 4.46. The van der Waals surface area contributed by atoms with Gasteiger partial charge in [0.1, 0.15) is 0 Å². The molecule has 0 saturated carbocycles. The Labute approximate surface area is 73.9 Å². The van der Waals surface area contributed by atoms with Crippen LogP contribution in [0, 0.1) is 5.92 Å². The molecule has 0 spiro atoms. The van der Waals surface area contributed by atoms with Gasteiger partial charge in [-0.15, -0.1) is 6.58 Å². The van der Waals surface area contributed by atoms with Gasteiger partial charge in [-0.1, -0.05) is 6.08 Å². The molecule has 1 saturated heterocycles. The molecule has 1 heterocycles. The summed E-state index contributed by atoms with van der Waals surface area (Å²) in [7, 11) is 0. The van der Waals surface area contributed by atoms with Crippen molar-refractivity contribution in [1.29, 1.82) is 0 Å². The van der Waals surface area contributed by atoms with Crippen molar-refractivity contribution in [1.82, 2.24) is 5.43 Å². The topological polar surface area (TPSA) is 47.3 Å².